The first kappa shape index (κ1) is 16.0. The standard InChI is InChI=1S/C16H17BrFN3O2/c1-19-15(22)9-3-2-4-21(8-9)16(23)14-7-11-12(18)5-10(17)6-13(11)20-14/h5-7,9,20H,2-4,8H2,1H3,(H,19,22). The van der Waals surface area contributed by atoms with Gasteiger partial charge in [-0.3, -0.25) is 9.59 Å². The molecule has 1 aliphatic rings. The molecule has 2 aromatic rings. The molecule has 0 spiro atoms. The average Bonchev–Trinajstić information content (AvgIpc) is 2.97. The van der Waals surface area contributed by atoms with Crippen LogP contribution < -0.4 is 5.32 Å². The van der Waals surface area contributed by atoms with Crippen molar-refractivity contribution in [3.05, 3.63) is 34.2 Å². The van der Waals surface area contributed by atoms with E-state index in [1.54, 1.807) is 18.0 Å². The van der Waals surface area contributed by atoms with Gasteiger partial charge < -0.3 is 15.2 Å². The van der Waals surface area contributed by atoms with Crippen molar-refractivity contribution in [1.82, 2.24) is 15.2 Å². The van der Waals surface area contributed by atoms with Crippen LogP contribution in [0.15, 0.2) is 22.7 Å². The molecule has 0 bridgehead atoms. The molecule has 1 atom stereocenters. The summed E-state index contributed by atoms with van der Waals surface area (Å²) in [5.41, 5.74) is 0.912. The summed E-state index contributed by atoms with van der Waals surface area (Å²) in [5.74, 6) is -0.820. The maximum atomic E-state index is 14.0. The first-order valence-electron chi connectivity index (χ1n) is 7.48. The minimum absolute atomic E-state index is 0.0471. The minimum atomic E-state index is -0.383. The van der Waals surface area contributed by atoms with Gasteiger partial charge in [0.15, 0.2) is 0 Å². The maximum Gasteiger partial charge on any atom is 0.270 e. The number of benzene rings is 1. The van der Waals surface area contributed by atoms with Crippen LogP contribution in [0.4, 0.5) is 4.39 Å². The third-order valence-electron chi connectivity index (χ3n) is 4.21. The highest BCUT2D eigenvalue weighted by molar-refractivity contribution is 9.10. The lowest BCUT2D eigenvalue weighted by atomic mass is 9.97. The van der Waals surface area contributed by atoms with E-state index >= 15 is 0 Å². The Morgan fingerprint density at radius 2 is 2.17 bits per heavy atom. The smallest absolute Gasteiger partial charge is 0.270 e. The first-order chi connectivity index (χ1) is 11.0. The van der Waals surface area contributed by atoms with Crippen molar-refractivity contribution in [3.63, 3.8) is 0 Å². The third-order valence-corrected chi connectivity index (χ3v) is 4.67. The summed E-state index contributed by atoms with van der Waals surface area (Å²) in [6, 6.07) is 4.63. The molecule has 5 nitrogen and oxygen atoms in total. The number of fused-ring (bicyclic) bond motifs is 1. The lowest BCUT2D eigenvalue weighted by molar-refractivity contribution is -0.125. The third kappa shape index (κ3) is 3.10. The van der Waals surface area contributed by atoms with Gasteiger partial charge in [0, 0.05) is 30.0 Å². The number of hydrogen-bond acceptors (Lipinski definition) is 2. The molecule has 0 radical (unpaired) electrons. The molecule has 2 heterocycles. The molecule has 7 heteroatoms. The van der Waals surface area contributed by atoms with Gasteiger partial charge in [0.1, 0.15) is 11.5 Å². The summed E-state index contributed by atoms with van der Waals surface area (Å²) >= 11 is 3.24. The second-order valence-electron chi connectivity index (χ2n) is 5.74. The molecule has 0 aliphatic carbocycles. The Hall–Kier alpha value is -1.89. The van der Waals surface area contributed by atoms with Gasteiger partial charge in [-0.05, 0) is 31.0 Å². The monoisotopic (exact) mass is 381 g/mol. The molecule has 2 N–H and O–H groups in total. The molecule has 3 rings (SSSR count). The highest BCUT2D eigenvalue weighted by Crippen LogP contribution is 2.25. The SMILES string of the molecule is CNC(=O)C1CCCN(C(=O)c2cc3c(F)cc(Br)cc3[nH]2)C1. The molecule has 23 heavy (non-hydrogen) atoms. The Bertz CT molecular complexity index is 774. The fourth-order valence-electron chi connectivity index (χ4n) is 3.03. The maximum absolute atomic E-state index is 14.0. The van der Waals surface area contributed by atoms with Gasteiger partial charge in [-0.25, -0.2) is 4.39 Å². The number of H-pyrrole nitrogens is 1. The Morgan fingerprint density at radius 3 is 2.91 bits per heavy atom. The average molecular weight is 382 g/mol. The van der Waals surface area contributed by atoms with E-state index in [-0.39, 0.29) is 23.5 Å². The van der Waals surface area contributed by atoms with E-state index in [1.807, 2.05) is 0 Å². The van der Waals surface area contributed by atoms with Gasteiger partial charge in [0.2, 0.25) is 5.91 Å². The summed E-state index contributed by atoms with van der Waals surface area (Å²) in [6.07, 6.45) is 1.56. The van der Waals surface area contributed by atoms with Crippen LogP contribution in [0.1, 0.15) is 23.3 Å². The minimum Gasteiger partial charge on any atom is -0.359 e. The summed E-state index contributed by atoms with van der Waals surface area (Å²) in [6.45, 7) is 0.994. The number of carbonyl (C=O) groups excluding carboxylic acids is 2. The largest absolute Gasteiger partial charge is 0.359 e. The second-order valence-corrected chi connectivity index (χ2v) is 6.65. The predicted octanol–water partition coefficient (Wildman–Crippen LogP) is 2.67. The van der Waals surface area contributed by atoms with E-state index < -0.39 is 0 Å². The Kier molecular flexibility index (Phi) is 4.39. The number of hydrogen-bond donors (Lipinski definition) is 2. The van der Waals surface area contributed by atoms with Crippen LogP contribution in [-0.4, -0.2) is 41.8 Å². The topological polar surface area (TPSA) is 65.2 Å². The molecule has 1 fully saturated rings. The Morgan fingerprint density at radius 1 is 1.39 bits per heavy atom. The zero-order valence-electron chi connectivity index (χ0n) is 12.7. The van der Waals surface area contributed by atoms with E-state index in [9.17, 15) is 14.0 Å². The van der Waals surface area contributed by atoms with Crippen molar-refractivity contribution in [1.29, 1.82) is 0 Å². The number of aromatic nitrogens is 1. The van der Waals surface area contributed by atoms with Gasteiger partial charge in [-0.1, -0.05) is 15.9 Å². The summed E-state index contributed by atoms with van der Waals surface area (Å²) in [5, 5.41) is 3.02. The van der Waals surface area contributed by atoms with Crippen LogP contribution >= 0.6 is 15.9 Å². The van der Waals surface area contributed by atoms with Crippen LogP contribution in [0.3, 0.4) is 0 Å². The van der Waals surface area contributed by atoms with Crippen LogP contribution in [0.25, 0.3) is 10.9 Å². The molecule has 1 aliphatic heterocycles. The lowest BCUT2D eigenvalue weighted by Crippen LogP contribution is -2.44. The van der Waals surface area contributed by atoms with Crippen molar-refractivity contribution in [2.24, 2.45) is 5.92 Å². The van der Waals surface area contributed by atoms with Crippen molar-refractivity contribution in [2.75, 3.05) is 20.1 Å². The van der Waals surface area contributed by atoms with Gasteiger partial charge in [0.05, 0.1) is 11.4 Å². The van der Waals surface area contributed by atoms with Crippen LogP contribution in [-0.2, 0) is 4.79 Å². The number of nitrogens with zero attached hydrogens (tertiary/aromatic N) is 1. The van der Waals surface area contributed by atoms with Gasteiger partial charge >= 0.3 is 0 Å². The second kappa shape index (κ2) is 6.31. The van der Waals surface area contributed by atoms with E-state index in [0.717, 1.165) is 12.8 Å². The normalized spacial score (nSPS) is 18.2. The summed E-state index contributed by atoms with van der Waals surface area (Å²) in [4.78, 5) is 29.1. The first-order valence-corrected chi connectivity index (χ1v) is 8.27. The molecule has 122 valence electrons. The molecule has 1 unspecified atom stereocenters. The van der Waals surface area contributed by atoms with E-state index in [2.05, 4.69) is 26.2 Å². The Balaban J connectivity index is 1.85. The highest BCUT2D eigenvalue weighted by Gasteiger charge is 2.29. The number of carbonyl (C=O) groups is 2. The number of amides is 2. The van der Waals surface area contributed by atoms with Crippen molar-refractivity contribution in [2.45, 2.75) is 12.8 Å². The molecule has 1 saturated heterocycles. The number of aromatic amines is 1. The molecule has 2 amide bonds. The van der Waals surface area contributed by atoms with Crippen molar-refractivity contribution >= 4 is 38.6 Å². The fraction of sp³-hybridized carbons (Fsp3) is 0.375. The molecule has 1 aromatic carbocycles. The Labute approximate surface area is 141 Å². The number of piperidine rings is 1. The number of nitrogens with one attached hydrogen (secondary N) is 2. The van der Waals surface area contributed by atoms with E-state index in [0.29, 0.717) is 34.2 Å². The number of likely N-dealkylation sites (tertiary alicyclic amines) is 1. The highest BCUT2D eigenvalue weighted by atomic mass is 79.9. The fourth-order valence-corrected chi connectivity index (χ4v) is 3.46. The summed E-state index contributed by atoms with van der Waals surface area (Å²) < 4.78 is 14.6. The summed E-state index contributed by atoms with van der Waals surface area (Å²) in [7, 11) is 1.60. The van der Waals surface area contributed by atoms with Crippen molar-refractivity contribution < 1.29 is 14.0 Å². The number of rotatable bonds is 2. The molecule has 0 saturated carbocycles. The van der Waals surface area contributed by atoms with Gasteiger partial charge in [0.25, 0.3) is 5.91 Å². The number of halogens is 2. The van der Waals surface area contributed by atoms with Crippen LogP contribution in [0, 0.1) is 11.7 Å². The van der Waals surface area contributed by atoms with Crippen molar-refractivity contribution in [3.8, 4) is 0 Å². The van der Waals surface area contributed by atoms with Crippen LogP contribution in [0.2, 0.25) is 0 Å². The lowest BCUT2D eigenvalue weighted by Gasteiger charge is -2.31. The molecular weight excluding hydrogens is 365 g/mol. The molecular formula is C16H17BrFN3O2. The quantitative estimate of drug-likeness (QED) is 0.839. The van der Waals surface area contributed by atoms with Gasteiger partial charge in [-0.2, -0.15) is 0 Å². The predicted molar refractivity (Wildman–Crippen MR) is 88.7 cm³/mol. The van der Waals surface area contributed by atoms with E-state index in [4.69, 9.17) is 0 Å². The van der Waals surface area contributed by atoms with E-state index in [1.165, 1.54) is 12.1 Å². The van der Waals surface area contributed by atoms with Gasteiger partial charge in [-0.15, -0.1) is 0 Å². The molecule has 1 aromatic heterocycles. The zero-order valence-corrected chi connectivity index (χ0v) is 14.2. The zero-order chi connectivity index (χ0) is 16.6. The van der Waals surface area contributed by atoms with Crippen LogP contribution in [0.5, 0.6) is 0 Å².